The van der Waals surface area contributed by atoms with Crippen molar-refractivity contribution < 1.29 is 9.53 Å². The lowest BCUT2D eigenvalue weighted by molar-refractivity contribution is -0.148. The predicted octanol–water partition coefficient (Wildman–Crippen LogP) is 1.59. The first-order chi connectivity index (χ1) is 10.6. The highest BCUT2D eigenvalue weighted by Gasteiger charge is 2.29. The Bertz CT molecular complexity index is 752. The van der Waals surface area contributed by atoms with E-state index in [-0.39, 0.29) is 17.6 Å². The summed E-state index contributed by atoms with van der Waals surface area (Å²) in [5.41, 5.74) is 1.54. The van der Waals surface area contributed by atoms with Crippen LogP contribution in [0.3, 0.4) is 0 Å². The molecule has 1 aliphatic rings. The van der Waals surface area contributed by atoms with Gasteiger partial charge in [-0.1, -0.05) is 6.42 Å². The van der Waals surface area contributed by atoms with Gasteiger partial charge in [0, 0.05) is 23.7 Å². The first kappa shape index (κ1) is 15.2. The second-order valence-electron chi connectivity index (χ2n) is 5.59. The molecule has 0 aromatic carbocycles. The third-order valence-electron chi connectivity index (χ3n) is 4.08. The van der Waals surface area contributed by atoms with Gasteiger partial charge in [0.15, 0.2) is 4.96 Å². The number of hydrogen-bond acceptors (Lipinski definition) is 6. The maximum absolute atomic E-state index is 12.2. The van der Waals surface area contributed by atoms with Crippen LogP contribution in [-0.4, -0.2) is 40.0 Å². The van der Waals surface area contributed by atoms with Gasteiger partial charge in [0.1, 0.15) is 6.04 Å². The van der Waals surface area contributed by atoms with Crippen LogP contribution < -0.4 is 5.56 Å². The van der Waals surface area contributed by atoms with Crippen molar-refractivity contribution in [3.8, 4) is 0 Å². The Morgan fingerprint density at radius 2 is 2.32 bits per heavy atom. The summed E-state index contributed by atoms with van der Waals surface area (Å²) in [6.07, 6.45) is 2.87. The number of carbonyl (C=O) groups excluding carboxylic acids is 1. The number of ether oxygens (including phenoxy) is 1. The number of thiazole rings is 1. The molecule has 2 aromatic rings. The third-order valence-corrected chi connectivity index (χ3v) is 5.02. The monoisotopic (exact) mass is 321 g/mol. The van der Waals surface area contributed by atoms with Crippen LogP contribution in [0.4, 0.5) is 0 Å². The number of likely N-dealkylation sites (tertiary alicyclic amines) is 1. The number of methoxy groups -OCH3 is 1. The SMILES string of the molecule is COC(=O)[C@H]1CCCCN1Cc1cc(=O)n2c(C)csc2n1. The molecule has 0 spiro atoms. The van der Waals surface area contributed by atoms with Crippen LogP contribution in [0.2, 0.25) is 0 Å². The van der Waals surface area contributed by atoms with Crippen molar-refractivity contribution in [3.05, 3.63) is 33.2 Å². The van der Waals surface area contributed by atoms with E-state index >= 15 is 0 Å². The van der Waals surface area contributed by atoms with Gasteiger partial charge in [-0.3, -0.25) is 18.9 Å². The van der Waals surface area contributed by atoms with Crippen LogP contribution in [0, 0.1) is 6.92 Å². The molecule has 3 heterocycles. The zero-order valence-corrected chi connectivity index (χ0v) is 13.6. The summed E-state index contributed by atoms with van der Waals surface area (Å²) in [6, 6.07) is 1.33. The largest absolute Gasteiger partial charge is 0.468 e. The molecule has 0 radical (unpaired) electrons. The lowest BCUT2D eigenvalue weighted by Crippen LogP contribution is -2.44. The Balaban J connectivity index is 1.88. The van der Waals surface area contributed by atoms with Crippen LogP contribution in [-0.2, 0) is 16.1 Å². The Hall–Kier alpha value is -1.73. The molecule has 2 aromatic heterocycles. The second-order valence-corrected chi connectivity index (χ2v) is 6.42. The predicted molar refractivity (Wildman–Crippen MR) is 84.1 cm³/mol. The van der Waals surface area contributed by atoms with Crippen molar-refractivity contribution in [2.24, 2.45) is 0 Å². The molecule has 1 aliphatic heterocycles. The molecule has 3 rings (SSSR count). The Morgan fingerprint density at radius 1 is 1.50 bits per heavy atom. The van der Waals surface area contributed by atoms with E-state index in [1.165, 1.54) is 18.4 Å². The van der Waals surface area contributed by atoms with Crippen LogP contribution in [0.5, 0.6) is 0 Å². The summed E-state index contributed by atoms with van der Waals surface area (Å²) < 4.78 is 6.50. The quantitative estimate of drug-likeness (QED) is 0.803. The number of carbonyl (C=O) groups is 1. The van der Waals surface area contributed by atoms with Gasteiger partial charge < -0.3 is 4.74 Å². The third kappa shape index (κ3) is 2.78. The van der Waals surface area contributed by atoms with Gasteiger partial charge in [-0.15, -0.1) is 11.3 Å². The molecule has 1 atom stereocenters. The smallest absolute Gasteiger partial charge is 0.323 e. The Morgan fingerprint density at radius 3 is 3.09 bits per heavy atom. The van der Waals surface area contributed by atoms with Gasteiger partial charge in [-0.05, 0) is 26.3 Å². The van der Waals surface area contributed by atoms with E-state index in [1.807, 2.05) is 12.3 Å². The molecule has 0 aliphatic carbocycles. The van der Waals surface area contributed by atoms with Gasteiger partial charge in [0.05, 0.1) is 12.8 Å². The van der Waals surface area contributed by atoms with Crippen molar-refractivity contribution in [3.63, 3.8) is 0 Å². The van der Waals surface area contributed by atoms with Crippen molar-refractivity contribution in [2.45, 2.75) is 38.8 Å². The van der Waals surface area contributed by atoms with Crippen LogP contribution >= 0.6 is 11.3 Å². The number of aromatic nitrogens is 2. The van der Waals surface area contributed by atoms with Crippen molar-refractivity contribution in [1.29, 1.82) is 0 Å². The molecule has 0 saturated carbocycles. The van der Waals surface area contributed by atoms with Gasteiger partial charge >= 0.3 is 5.97 Å². The van der Waals surface area contributed by atoms with E-state index in [0.717, 1.165) is 31.5 Å². The molecule has 0 bridgehead atoms. The topological polar surface area (TPSA) is 63.9 Å². The number of hydrogen-bond donors (Lipinski definition) is 0. The molecule has 0 unspecified atom stereocenters. The average Bonchev–Trinajstić information content (AvgIpc) is 2.89. The second kappa shape index (κ2) is 6.18. The number of rotatable bonds is 3. The van der Waals surface area contributed by atoms with Gasteiger partial charge in [0.25, 0.3) is 5.56 Å². The van der Waals surface area contributed by atoms with E-state index in [0.29, 0.717) is 17.2 Å². The van der Waals surface area contributed by atoms with Crippen LogP contribution in [0.1, 0.15) is 30.7 Å². The summed E-state index contributed by atoms with van der Waals surface area (Å²) in [5, 5.41) is 1.92. The fraction of sp³-hybridized carbons (Fsp3) is 0.533. The minimum Gasteiger partial charge on any atom is -0.468 e. The summed E-state index contributed by atoms with van der Waals surface area (Å²) in [7, 11) is 1.42. The van der Waals surface area contributed by atoms with E-state index in [1.54, 1.807) is 10.5 Å². The lowest BCUT2D eigenvalue weighted by Gasteiger charge is -2.33. The number of piperidine rings is 1. The fourth-order valence-corrected chi connectivity index (χ4v) is 3.86. The van der Waals surface area contributed by atoms with E-state index in [9.17, 15) is 9.59 Å². The first-order valence-electron chi connectivity index (χ1n) is 7.39. The van der Waals surface area contributed by atoms with Crippen molar-refractivity contribution in [2.75, 3.05) is 13.7 Å². The Kier molecular flexibility index (Phi) is 4.26. The van der Waals surface area contributed by atoms with E-state index in [2.05, 4.69) is 9.88 Å². The molecule has 0 N–H and O–H groups in total. The summed E-state index contributed by atoms with van der Waals surface area (Å²) in [6.45, 7) is 3.22. The molecule has 7 heteroatoms. The molecule has 6 nitrogen and oxygen atoms in total. The highest BCUT2D eigenvalue weighted by atomic mass is 32.1. The fourth-order valence-electron chi connectivity index (χ4n) is 2.97. The molecule has 1 saturated heterocycles. The molecular weight excluding hydrogens is 302 g/mol. The van der Waals surface area contributed by atoms with Crippen LogP contribution in [0.25, 0.3) is 4.96 Å². The zero-order chi connectivity index (χ0) is 15.7. The number of esters is 1. The first-order valence-corrected chi connectivity index (χ1v) is 8.27. The van der Waals surface area contributed by atoms with Gasteiger partial charge in [-0.25, -0.2) is 4.98 Å². The molecule has 1 fully saturated rings. The minimum atomic E-state index is -0.232. The summed E-state index contributed by atoms with van der Waals surface area (Å²) >= 11 is 1.46. The van der Waals surface area contributed by atoms with Crippen molar-refractivity contribution in [1.82, 2.24) is 14.3 Å². The summed E-state index contributed by atoms with van der Waals surface area (Å²) in [5.74, 6) is -0.204. The van der Waals surface area contributed by atoms with E-state index in [4.69, 9.17) is 4.74 Å². The van der Waals surface area contributed by atoms with Gasteiger partial charge in [-0.2, -0.15) is 0 Å². The number of fused-ring (bicyclic) bond motifs is 1. The normalized spacial score (nSPS) is 19.5. The van der Waals surface area contributed by atoms with E-state index < -0.39 is 0 Å². The lowest BCUT2D eigenvalue weighted by atomic mass is 10.0. The Labute approximate surface area is 132 Å². The summed E-state index contributed by atoms with van der Waals surface area (Å²) in [4.78, 5) is 31.4. The van der Waals surface area contributed by atoms with Crippen molar-refractivity contribution >= 4 is 22.3 Å². The van der Waals surface area contributed by atoms with Gasteiger partial charge in [0.2, 0.25) is 0 Å². The average molecular weight is 321 g/mol. The number of nitrogens with zero attached hydrogens (tertiary/aromatic N) is 3. The molecular formula is C15H19N3O3S. The maximum atomic E-state index is 12.2. The standard InChI is InChI=1S/C15H19N3O3S/c1-10-9-22-15-16-11(7-13(19)18(10)15)8-17-6-4-3-5-12(17)14(20)21-2/h7,9,12H,3-6,8H2,1-2H3/t12-/m1/s1. The molecule has 118 valence electrons. The maximum Gasteiger partial charge on any atom is 0.323 e. The highest BCUT2D eigenvalue weighted by Crippen LogP contribution is 2.20. The molecule has 22 heavy (non-hydrogen) atoms. The minimum absolute atomic E-state index is 0.0645. The zero-order valence-electron chi connectivity index (χ0n) is 12.7. The number of aryl methyl sites for hydroxylation is 1. The highest BCUT2D eigenvalue weighted by molar-refractivity contribution is 7.15. The molecule has 0 amide bonds. The van der Waals surface area contributed by atoms with Crippen LogP contribution in [0.15, 0.2) is 16.2 Å².